The minimum atomic E-state index is -0.211. The summed E-state index contributed by atoms with van der Waals surface area (Å²) in [5.41, 5.74) is 4.96. The number of nitrogens with one attached hydrogen (secondary N) is 1. The summed E-state index contributed by atoms with van der Waals surface area (Å²) in [5.74, 6) is 0.497. The van der Waals surface area contributed by atoms with Gasteiger partial charge in [0.2, 0.25) is 5.16 Å². The van der Waals surface area contributed by atoms with Gasteiger partial charge < -0.3 is 26.3 Å². The Labute approximate surface area is 151 Å². The van der Waals surface area contributed by atoms with Gasteiger partial charge in [0.25, 0.3) is 0 Å². The predicted molar refractivity (Wildman–Crippen MR) is 95.1 cm³/mol. The van der Waals surface area contributed by atoms with Gasteiger partial charge in [0.15, 0.2) is 5.82 Å². The molecular weight excluding hydrogens is 360 g/mol. The van der Waals surface area contributed by atoms with Crippen LogP contribution in [0.25, 0.3) is 11.4 Å². The maximum absolute atomic E-state index is 11.1. The third-order valence-corrected chi connectivity index (χ3v) is 4.93. The van der Waals surface area contributed by atoms with Gasteiger partial charge in [0.1, 0.15) is 5.37 Å². The molecule has 134 valence electrons. The molecule has 0 amide bonds. The second-order valence-electron chi connectivity index (χ2n) is 5.46. The van der Waals surface area contributed by atoms with Crippen LogP contribution in [0.2, 0.25) is 0 Å². The van der Waals surface area contributed by atoms with Crippen LogP contribution < -0.4 is 15.9 Å². The minimum Gasteiger partial charge on any atom is -0.733 e. The van der Waals surface area contributed by atoms with Gasteiger partial charge in [-0.2, -0.15) is 0 Å². The molecule has 1 aliphatic heterocycles. The van der Waals surface area contributed by atoms with E-state index in [1.165, 1.54) is 36.0 Å². The molecule has 3 N–H and O–H groups in total. The van der Waals surface area contributed by atoms with Gasteiger partial charge in [0.05, 0.1) is 11.4 Å². The number of hydrogen-bond acceptors (Lipinski definition) is 10. The van der Waals surface area contributed by atoms with Gasteiger partial charge in [-0.1, -0.05) is 36.0 Å². The Hall–Kier alpha value is -2.83. The first-order valence-corrected chi connectivity index (χ1v) is 8.32. The van der Waals surface area contributed by atoms with Gasteiger partial charge in [-0.25, -0.2) is 4.68 Å². The van der Waals surface area contributed by atoms with Crippen molar-refractivity contribution in [2.24, 2.45) is 0 Å². The van der Waals surface area contributed by atoms with E-state index in [1.807, 2.05) is 0 Å². The summed E-state index contributed by atoms with van der Waals surface area (Å²) in [6, 6.07) is 12.8. The van der Waals surface area contributed by atoms with Crippen LogP contribution in [-0.4, -0.2) is 25.3 Å². The van der Waals surface area contributed by atoms with Crippen LogP contribution in [0.3, 0.4) is 0 Å². The van der Waals surface area contributed by atoms with Crippen molar-refractivity contribution in [3.05, 3.63) is 64.5 Å². The van der Waals surface area contributed by atoms with Crippen LogP contribution in [0.4, 0.5) is 11.4 Å². The summed E-state index contributed by atoms with van der Waals surface area (Å²) in [5, 5.41) is 48.2. The Morgan fingerprint density at radius 2 is 1.73 bits per heavy atom. The third kappa shape index (κ3) is 2.94. The number of benzene rings is 2. The zero-order chi connectivity index (χ0) is 18.3. The zero-order valence-electron chi connectivity index (χ0n) is 13.1. The van der Waals surface area contributed by atoms with Gasteiger partial charge in [-0.05, 0) is 29.8 Å². The monoisotopic (exact) mass is 372 g/mol. The van der Waals surface area contributed by atoms with Crippen LogP contribution in [-0.2, 0) is 0 Å². The highest BCUT2D eigenvalue weighted by atomic mass is 32.2. The van der Waals surface area contributed by atoms with Crippen molar-refractivity contribution in [2.75, 3.05) is 15.9 Å². The normalized spacial score (nSPS) is 15.5. The van der Waals surface area contributed by atoms with Crippen LogP contribution in [0.1, 0.15) is 10.9 Å². The van der Waals surface area contributed by atoms with Crippen molar-refractivity contribution < 1.29 is 10.4 Å². The molecule has 3 aromatic rings. The number of fused-ring (bicyclic) bond motifs is 1. The number of hydrogen-bond donors (Lipinski definition) is 3. The molecule has 4 rings (SSSR count). The van der Waals surface area contributed by atoms with E-state index >= 15 is 0 Å². The van der Waals surface area contributed by atoms with E-state index in [0.717, 1.165) is 5.56 Å². The van der Waals surface area contributed by atoms with E-state index in [9.17, 15) is 10.4 Å². The zero-order valence-corrected chi connectivity index (χ0v) is 13.9. The average molecular weight is 372 g/mol. The van der Waals surface area contributed by atoms with Crippen LogP contribution in [0.5, 0.6) is 0 Å². The fourth-order valence-electron chi connectivity index (χ4n) is 2.58. The van der Waals surface area contributed by atoms with E-state index in [2.05, 4.69) is 15.6 Å². The largest absolute Gasteiger partial charge is 0.733 e. The molecule has 0 fully saturated rings. The van der Waals surface area contributed by atoms with Gasteiger partial charge >= 0.3 is 0 Å². The molecule has 10 nitrogen and oxygen atoms in total. The van der Waals surface area contributed by atoms with Gasteiger partial charge in [-0.3, -0.25) is 10.4 Å². The first-order chi connectivity index (χ1) is 12.5. The quantitative estimate of drug-likeness (QED) is 0.586. The van der Waals surface area contributed by atoms with Crippen LogP contribution in [0, 0.1) is 10.4 Å². The van der Waals surface area contributed by atoms with Crippen molar-refractivity contribution >= 4 is 23.1 Å². The smallest absolute Gasteiger partial charge is 0.212 e. The van der Waals surface area contributed by atoms with E-state index in [0.29, 0.717) is 16.5 Å². The molecule has 1 unspecified atom stereocenters. The minimum absolute atomic E-state index is 0.0869. The number of aromatic nitrogens is 3. The summed E-state index contributed by atoms with van der Waals surface area (Å²) < 4.78 is 1.70. The number of thioether (sulfide) groups is 1. The lowest BCUT2D eigenvalue weighted by atomic mass is 10.2. The third-order valence-electron chi connectivity index (χ3n) is 3.84. The Morgan fingerprint density at radius 3 is 2.42 bits per heavy atom. The molecule has 26 heavy (non-hydrogen) atoms. The SMILES string of the molecule is [O-]N(O)c1ccc(C2Nn3c(nnc3-c3cccc(N([O-])O)c3)S2)cc1. The summed E-state index contributed by atoms with van der Waals surface area (Å²) in [6.07, 6.45) is 0. The molecule has 2 heterocycles. The summed E-state index contributed by atoms with van der Waals surface area (Å²) in [7, 11) is 0. The first-order valence-electron chi connectivity index (χ1n) is 7.44. The van der Waals surface area contributed by atoms with Crippen molar-refractivity contribution in [3.8, 4) is 11.4 Å². The average Bonchev–Trinajstić information content (AvgIpc) is 3.22. The molecule has 0 aliphatic carbocycles. The highest BCUT2D eigenvalue weighted by molar-refractivity contribution is 7.99. The molecule has 1 aromatic heterocycles. The predicted octanol–water partition coefficient (Wildman–Crippen LogP) is 2.68. The van der Waals surface area contributed by atoms with E-state index in [4.69, 9.17) is 10.4 Å². The lowest BCUT2D eigenvalue weighted by Gasteiger charge is -2.22. The van der Waals surface area contributed by atoms with Crippen molar-refractivity contribution in [1.82, 2.24) is 14.9 Å². The number of nitrogens with zero attached hydrogens (tertiary/aromatic N) is 5. The molecule has 0 saturated carbocycles. The Kier molecular flexibility index (Phi) is 4.14. The van der Waals surface area contributed by atoms with Gasteiger partial charge in [-0.15, -0.1) is 10.2 Å². The molecule has 1 aliphatic rings. The second-order valence-corrected chi connectivity index (χ2v) is 6.53. The topological polar surface area (TPSA) is 136 Å². The maximum Gasteiger partial charge on any atom is 0.212 e. The summed E-state index contributed by atoms with van der Waals surface area (Å²) >= 11 is 1.43. The van der Waals surface area contributed by atoms with Crippen LogP contribution >= 0.6 is 11.8 Å². The van der Waals surface area contributed by atoms with Crippen LogP contribution in [0.15, 0.2) is 53.7 Å². The second kappa shape index (κ2) is 6.48. The van der Waals surface area contributed by atoms with Crippen molar-refractivity contribution in [2.45, 2.75) is 10.5 Å². The molecular formula is C15H12N6O4S-2. The number of anilines is 2. The van der Waals surface area contributed by atoms with E-state index < -0.39 is 0 Å². The lowest BCUT2D eigenvalue weighted by Crippen LogP contribution is -2.14. The molecule has 0 radical (unpaired) electrons. The van der Waals surface area contributed by atoms with E-state index in [1.54, 1.807) is 28.9 Å². The first kappa shape index (κ1) is 16.6. The molecule has 2 aromatic carbocycles. The van der Waals surface area contributed by atoms with Crippen molar-refractivity contribution in [1.29, 1.82) is 0 Å². The lowest BCUT2D eigenvalue weighted by molar-refractivity contribution is 0.296. The Bertz CT molecular complexity index is 930. The fourth-order valence-corrected chi connectivity index (χ4v) is 3.58. The summed E-state index contributed by atoms with van der Waals surface area (Å²) in [6.45, 7) is 0. The highest BCUT2D eigenvalue weighted by Gasteiger charge is 2.28. The molecule has 0 saturated heterocycles. The van der Waals surface area contributed by atoms with Crippen molar-refractivity contribution in [3.63, 3.8) is 0 Å². The molecule has 0 bridgehead atoms. The molecule has 1 atom stereocenters. The summed E-state index contributed by atoms with van der Waals surface area (Å²) in [4.78, 5) is 0. The fraction of sp³-hybridized carbons (Fsp3) is 0.0667. The molecule has 11 heteroatoms. The Morgan fingerprint density at radius 1 is 1.00 bits per heavy atom. The highest BCUT2D eigenvalue weighted by Crippen LogP contribution is 2.40. The van der Waals surface area contributed by atoms with E-state index in [-0.39, 0.29) is 27.2 Å². The Balaban J connectivity index is 1.60. The van der Waals surface area contributed by atoms with Gasteiger partial charge in [0, 0.05) is 5.56 Å². The molecule has 0 spiro atoms. The number of rotatable bonds is 4. The standard InChI is InChI=1S/C15H12N6O4S/c22-20(23)11-6-4-9(5-7-11)14-18-19-13(16-17-15(19)26-14)10-2-1-3-12(8-10)21(24)25/h1-8,14,18,22,24H/q-2. The maximum atomic E-state index is 11.1.